The number of hydrogen-bond donors (Lipinski definition) is 1. The molecule has 0 saturated carbocycles. The lowest BCUT2D eigenvalue weighted by molar-refractivity contribution is -0.123. The second kappa shape index (κ2) is 10.1. The summed E-state index contributed by atoms with van der Waals surface area (Å²) in [7, 11) is 0. The second-order valence-electron chi connectivity index (χ2n) is 6.75. The van der Waals surface area contributed by atoms with Gasteiger partial charge in [0, 0.05) is 0 Å². The van der Waals surface area contributed by atoms with E-state index in [-0.39, 0.29) is 12.5 Å². The highest BCUT2D eigenvalue weighted by Crippen LogP contribution is 2.16. The van der Waals surface area contributed by atoms with Crippen molar-refractivity contribution in [3.8, 4) is 11.5 Å². The first-order chi connectivity index (χ1) is 14.1. The molecule has 0 aromatic heterocycles. The first-order valence-electron chi connectivity index (χ1n) is 9.38. The van der Waals surface area contributed by atoms with Crippen LogP contribution >= 0.6 is 0 Å². The zero-order valence-corrected chi connectivity index (χ0v) is 16.6. The third-order valence-corrected chi connectivity index (χ3v) is 4.07. The van der Waals surface area contributed by atoms with E-state index in [4.69, 9.17) is 9.47 Å². The lowest BCUT2D eigenvalue weighted by Gasteiger charge is -2.07. The number of carbonyl (C=O) groups excluding carboxylic acids is 1. The number of benzene rings is 3. The van der Waals surface area contributed by atoms with Crippen LogP contribution in [-0.2, 0) is 11.4 Å². The molecule has 0 heterocycles. The molecule has 5 heteroatoms. The summed E-state index contributed by atoms with van der Waals surface area (Å²) in [6.45, 7) is 4.37. The van der Waals surface area contributed by atoms with Gasteiger partial charge in [0.15, 0.2) is 6.61 Å². The Balaban J connectivity index is 1.47. The van der Waals surface area contributed by atoms with Crippen LogP contribution in [0.2, 0.25) is 0 Å². The van der Waals surface area contributed by atoms with Crippen molar-refractivity contribution in [2.75, 3.05) is 6.61 Å². The monoisotopic (exact) mass is 388 g/mol. The topological polar surface area (TPSA) is 59.9 Å². The molecule has 0 spiro atoms. The Kier molecular flexibility index (Phi) is 7.00. The van der Waals surface area contributed by atoms with Crippen LogP contribution in [0.5, 0.6) is 11.5 Å². The lowest BCUT2D eigenvalue weighted by Crippen LogP contribution is -2.24. The minimum absolute atomic E-state index is 0.0968. The molecule has 148 valence electrons. The average Bonchev–Trinajstić information content (AvgIpc) is 2.71. The van der Waals surface area contributed by atoms with Crippen molar-refractivity contribution < 1.29 is 14.3 Å². The van der Waals surface area contributed by atoms with Crippen molar-refractivity contribution in [2.24, 2.45) is 5.10 Å². The summed E-state index contributed by atoms with van der Waals surface area (Å²) in [5.74, 6) is 1.09. The van der Waals surface area contributed by atoms with E-state index in [2.05, 4.69) is 16.6 Å². The highest BCUT2D eigenvalue weighted by molar-refractivity contribution is 5.83. The first-order valence-corrected chi connectivity index (χ1v) is 9.38. The van der Waals surface area contributed by atoms with Gasteiger partial charge in [-0.25, -0.2) is 5.43 Å². The Hall–Kier alpha value is -3.60. The van der Waals surface area contributed by atoms with Gasteiger partial charge in [-0.1, -0.05) is 48.5 Å². The average molecular weight is 388 g/mol. The van der Waals surface area contributed by atoms with Crippen molar-refractivity contribution in [1.29, 1.82) is 0 Å². The third kappa shape index (κ3) is 6.81. The quantitative estimate of drug-likeness (QED) is 0.459. The van der Waals surface area contributed by atoms with Crippen molar-refractivity contribution in [1.82, 2.24) is 5.43 Å². The molecule has 0 fully saturated rings. The SMILES string of the molecule is Cc1cc(C)cc(OCC(=O)N/N=C/c2cccc(OCc3ccccc3)c2)c1. The molecule has 0 unspecified atom stereocenters. The number of nitrogens with zero attached hydrogens (tertiary/aromatic N) is 1. The van der Waals surface area contributed by atoms with Crippen molar-refractivity contribution in [3.63, 3.8) is 0 Å². The van der Waals surface area contributed by atoms with E-state index in [0.717, 1.165) is 28.0 Å². The third-order valence-electron chi connectivity index (χ3n) is 4.07. The summed E-state index contributed by atoms with van der Waals surface area (Å²) < 4.78 is 11.3. The summed E-state index contributed by atoms with van der Waals surface area (Å²) in [5.41, 5.74) is 6.58. The van der Waals surface area contributed by atoms with Crippen LogP contribution in [-0.4, -0.2) is 18.7 Å². The predicted molar refractivity (Wildman–Crippen MR) is 114 cm³/mol. The van der Waals surface area contributed by atoms with E-state index in [9.17, 15) is 4.79 Å². The van der Waals surface area contributed by atoms with Gasteiger partial charge in [0.1, 0.15) is 18.1 Å². The predicted octanol–water partition coefficient (Wildman–Crippen LogP) is 4.41. The second-order valence-corrected chi connectivity index (χ2v) is 6.75. The molecule has 0 atom stereocenters. The standard InChI is InChI=1S/C24H24N2O3/c1-18-11-19(2)13-23(12-18)29-17-24(27)26-25-15-21-9-6-10-22(14-21)28-16-20-7-4-3-5-8-20/h3-15H,16-17H2,1-2H3,(H,26,27)/b25-15+. The van der Waals surface area contributed by atoms with Crippen molar-refractivity contribution >= 4 is 12.1 Å². The van der Waals surface area contributed by atoms with Crippen molar-refractivity contribution in [3.05, 3.63) is 95.1 Å². The van der Waals surface area contributed by atoms with Crippen LogP contribution in [0.3, 0.4) is 0 Å². The fourth-order valence-corrected chi connectivity index (χ4v) is 2.80. The fraction of sp³-hybridized carbons (Fsp3) is 0.167. The Morgan fingerprint density at radius 1 is 0.897 bits per heavy atom. The molecule has 0 aliphatic carbocycles. The summed E-state index contributed by atoms with van der Waals surface area (Å²) in [6.07, 6.45) is 1.57. The molecule has 29 heavy (non-hydrogen) atoms. The van der Waals surface area contributed by atoms with Crippen LogP contribution in [0.1, 0.15) is 22.3 Å². The van der Waals surface area contributed by atoms with Gasteiger partial charge < -0.3 is 9.47 Å². The van der Waals surface area contributed by atoms with E-state index < -0.39 is 0 Å². The van der Waals surface area contributed by atoms with Gasteiger partial charge in [0.05, 0.1) is 6.21 Å². The van der Waals surface area contributed by atoms with Gasteiger partial charge in [0.2, 0.25) is 0 Å². The fourth-order valence-electron chi connectivity index (χ4n) is 2.80. The Bertz CT molecular complexity index is 964. The molecule has 0 bridgehead atoms. The van der Waals surface area contributed by atoms with Gasteiger partial charge in [-0.05, 0) is 60.4 Å². The zero-order valence-electron chi connectivity index (χ0n) is 16.6. The largest absolute Gasteiger partial charge is 0.489 e. The van der Waals surface area contributed by atoms with Gasteiger partial charge in [-0.15, -0.1) is 0 Å². The smallest absolute Gasteiger partial charge is 0.277 e. The van der Waals surface area contributed by atoms with E-state index in [1.165, 1.54) is 0 Å². The number of hydrogen-bond acceptors (Lipinski definition) is 4. The molecular weight excluding hydrogens is 364 g/mol. The van der Waals surface area contributed by atoms with Gasteiger partial charge in [-0.3, -0.25) is 4.79 Å². The normalized spacial score (nSPS) is 10.7. The Morgan fingerprint density at radius 3 is 2.41 bits per heavy atom. The van der Waals surface area contributed by atoms with Gasteiger partial charge >= 0.3 is 0 Å². The Morgan fingerprint density at radius 2 is 1.66 bits per heavy atom. The summed E-state index contributed by atoms with van der Waals surface area (Å²) in [4.78, 5) is 11.9. The molecule has 1 N–H and O–H groups in total. The van der Waals surface area contributed by atoms with E-state index in [1.807, 2.05) is 80.6 Å². The van der Waals surface area contributed by atoms with Gasteiger partial charge in [-0.2, -0.15) is 5.10 Å². The highest BCUT2D eigenvalue weighted by atomic mass is 16.5. The van der Waals surface area contributed by atoms with Crippen LogP contribution in [0.25, 0.3) is 0 Å². The Labute approximate surface area is 171 Å². The number of nitrogens with one attached hydrogen (secondary N) is 1. The molecule has 0 aliphatic rings. The molecule has 0 saturated heterocycles. The van der Waals surface area contributed by atoms with Crippen molar-refractivity contribution in [2.45, 2.75) is 20.5 Å². The zero-order chi connectivity index (χ0) is 20.5. The maximum Gasteiger partial charge on any atom is 0.277 e. The van der Waals surface area contributed by atoms with E-state index in [1.54, 1.807) is 6.21 Å². The molecule has 3 rings (SSSR count). The summed E-state index contributed by atoms with van der Waals surface area (Å²) >= 11 is 0. The highest BCUT2D eigenvalue weighted by Gasteiger charge is 2.03. The first kappa shape index (κ1) is 20.1. The number of ether oxygens (including phenoxy) is 2. The molecule has 1 amide bonds. The molecule has 0 aliphatic heterocycles. The van der Waals surface area contributed by atoms with Crippen LogP contribution in [0, 0.1) is 13.8 Å². The molecule has 5 nitrogen and oxygen atoms in total. The maximum absolute atomic E-state index is 11.9. The van der Waals surface area contributed by atoms with E-state index in [0.29, 0.717) is 12.4 Å². The molecule has 3 aromatic carbocycles. The van der Waals surface area contributed by atoms with Gasteiger partial charge in [0.25, 0.3) is 5.91 Å². The molecular formula is C24H24N2O3. The number of hydrazone groups is 1. The summed E-state index contributed by atoms with van der Waals surface area (Å²) in [5, 5.41) is 3.99. The number of amides is 1. The number of rotatable bonds is 8. The number of carbonyl (C=O) groups is 1. The van der Waals surface area contributed by atoms with Crippen LogP contribution in [0.4, 0.5) is 0 Å². The minimum Gasteiger partial charge on any atom is -0.489 e. The van der Waals surface area contributed by atoms with E-state index >= 15 is 0 Å². The molecule has 3 aromatic rings. The maximum atomic E-state index is 11.9. The molecule has 0 radical (unpaired) electrons. The lowest BCUT2D eigenvalue weighted by atomic mass is 10.1. The summed E-state index contributed by atoms with van der Waals surface area (Å²) in [6, 6.07) is 23.3. The minimum atomic E-state index is -0.322. The van der Waals surface area contributed by atoms with Crippen LogP contribution < -0.4 is 14.9 Å². The van der Waals surface area contributed by atoms with Crippen LogP contribution in [0.15, 0.2) is 77.9 Å². The number of aryl methyl sites for hydroxylation is 2.